The smallest absolute Gasteiger partial charge is 0.321 e. The fourth-order valence-corrected chi connectivity index (χ4v) is 3.10. The number of carbonyl (C=O) groups is 1. The molecule has 0 aliphatic rings. The van der Waals surface area contributed by atoms with Crippen LogP contribution in [-0.4, -0.2) is 20.8 Å². The summed E-state index contributed by atoms with van der Waals surface area (Å²) in [6, 6.07) is 1.64. The van der Waals surface area contributed by atoms with Gasteiger partial charge in [0.1, 0.15) is 10.8 Å². The van der Waals surface area contributed by atoms with E-state index in [-0.39, 0.29) is 6.03 Å². The van der Waals surface area contributed by atoms with Crippen molar-refractivity contribution in [2.45, 2.75) is 46.1 Å². The number of aromatic nitrogens is 3. The van der Waals surface area contributed by atoms with E-state index >= 15 is 0 Å². The maximum atomic E-state index is 12.3. The van der Waals surface area contributed by atoms with Gasteiger partial charge < -0.3 is 5.32 Å². The zero-order valence-electron chi connectivity index (χ0n) is 13.7. The van der Waals surface area contributed by atoms with Crippen molar-refractivity contribution in [1.29, 1.82) is 0 Å². The minimum absolute atomic E-state index is 0.247. The van der Waals surface area contributed by atoms with Crippen molar-refractivity contribution in [2.24, 2.45) is 7.05 Å². The molecule has 0 aliphatic carbocycles. The monoisotopic (exact) mass is 321 g/mol. The molecule has 0 radical (unpaired) electrons. The average Bonchev–Trinajstić information content (AvgIpc) is 3.05. The molecule has 2 N–H and O–H groups in total. The first-order valence-electron chi connectivity index (χ1n) is 7.42. The average molecular weight is 321 g/mol. The van der Waals surface area contributed by atoms with Gasteiger partial charge in [-0.15, -0.1) is 11.3 Å². The third-order valence-electron chi connectivity index (χ3n) is 3.72. The normalized spacial score (nSPS) is 13.7. The van der Waals surface area contributed by atoms with Crippen LogP contribution in [0.4, 0.5) is 10.6 Å². The predicted octanol–water partition coefficient (Wildman–Crippen LogP) is 3.19. The van der Waals surface area contributed by atoms with Crippen LogP contribution in [0.1, 0.15) is 43.6 Å². The summed E-state index contributed by atoms with van der Waals surface area (Å²) in [5, 5.41) is 13.1. The number of thiazole rings is 1. The molecule has 0 bridgehead atoms. The van der Waals surface area contributed by atoms with Gasteiger partial charge in [0.25, 0.3) is 0 Å². The van der Waals surface area contributed by atoms with Gasteiger partial charge in [0.05, 0.1) is 11.2 Å². The molecule has 0 aromatic carbocycles. The van der Waals surface area contributed by atoms with E-state index < -0.39 is 5.54 Å². The Morgan fingerprint density at radius 2 is 2.18 bits per heavy atom. The predicted molar refractivity (Wildman–Crippen MR) is 89.2 cm³/mol. The van der Waals surface area contributed by atoms with Crippen LogP contribution in [-0.2, 0) is 19.0 Å². The number of hydrogen-bond donors (Lipinski definition) is 2. The molecule has 6 nitrogen and oxygen atoms in total. The van der Waals surface area contributed by atoms with Crippen molar-refractivity contribution in [3.8, 4) is 0 Å². The lowest BCUT2D eigenvalue weighted by Crippen LogP contribution is -2.45. The number of rotatable bonds is 5. The molecule has 2 rings (SSSR count). The molecule has 0 saturated carbocycles. The van der Waals surface area contributed by atoms with Crippen LogP contribution in [0, 0.1) is 6.92 Å². The highest BCUT2D eigenvalue weighted by Gasteiger charge is 2.30. The molecule has 1 atom stereocenters. The highest BCUT2D eigenvalue weighted by Crippen LogP contribution is 2.27. The van der Waals surface area contributed by atoms with E-state index in [2.05, 4.69) is 20.7 Å². The SMILES string of the molecule is CCc1cc(NC(=O)N[C@@](C)(CC)c2nc(C)cs2)n(C)n1. The second kappa shape index (κ2) is 6.48. The van der Waals surface area contributed by atoms with Gasteiger partial charge in [-0.05, 0) is 26.7 Å². The third kappa shape index (κ3) is 3.47. The molecule has 0 fully saturated rings. The second-order valence-electron chi connectivity index (χ2n) is 5.56. The summed E-state index contributed by atoms with van der Waals surface area (Å²) >= 11 is 1.57. The van der Waals surface area contributed by atoms with Gasteiger partial charge in [-0.25, -0.2) is 9.78 Å². The second-order valence-corrected chi connectivity index (χ2v) is 6.42. The fourth-order valence-electron chi connectivity index (χ4n) is 2.12. The molecule has 22 heavy (non-hydrogen) atoms. The van der Waals surface area contributed by atoms with Crippen molar-refractivity contribution in [3.63, 3.8) is 0 Å². The quantitative estimate of drug-likeness (QED) is 0.888. The molecular weight excluding hydrogens is 298 g/mol. The first kappa shape index (κ1) is 16.5. The number of anilines is 1. The zero-order valence-corrected chi connectivity index (χ0v) is 14.5. The highest BCUT2D eigenvalue weighted by atomic mass is 32.1. The Balaban J connectivity index is 2.10. The first-order valence-corrected chi connectivity index (χ1v) is 8.30. The van der Waals surface area contributed by atoms with Gasteiger partial charge in [0.2, 0.25) is 0 Å². The Kier molecular flexibility index (Phi) is 4.85. The van der Waals surface area contributed by atoms with Crippen LogP contribution in [0.15, 0.2) is 11.4 Å². The summed E-state index contributed by atoms with van der Waals surface area (Å²) in [5.41, 5.74) is 1.45. The van der Waals surface area contributed by atoms with Crippen molar-refractivity contribution in [2.75, 3.05) is 5.32 Å². The van der Waals surface area contributed by atoms with E-state index in [9.17, 15) is 4.79 Å². The standard InChI is InChI=1S/C15H23N5OS/c1-6-11-8-12(20(5)19-11)17-14(21)18-15(4,7-2)13-16-10(3)9-22-13/h8-9H,6-7H2,1-5H3,(H2,17,18,21)/t15-/m0/s1. The van der Waals surface area contributed by atoms with Crippen LogP contribution in [0.3, 0.4) is 0 Å². The minimum atomic E-state index is -0.477. The number of carbonyl (C=O) groups excluding carboxylic acids is 1. The van der Waals surface area contributed by atoms with Gasteiger partial charge in [-0.1, -0.05) is 13.8 Å². The van der Waals surface area contributed by atoms with E-state index in [4.69, 9.17) is 0 Å². The molecule has 0 unspecified atom stereocenters. The molecule has 2 aromatic heterocycles. The number of amides is 2. The van der Waals surface area contributed by atoms with Gasteiger partial charge >= 0.3 is 6.03 Å². The Hall–Kier alpha value is -1.89. The van der Waals surface area contributed by atoms with Crippen LogP contribution in [0.5, 0.6) is 0 Å². The largest absolute Gasteiger partial charge is 0.326 e. The Labute approximate surface area is 135 Å². The number of urea groups is 1. The van der Waals surface area contributed by atoms with Gasteiger partial charge in [-0.2, -0.15) is 5.10 Å². The number of nitrogens with zero attached hydrogens (tertiary/aromatic N) is 3. The van der Waals surface area contributed by atoms with Crippen molar-refractivity contribution >= 4 is 23.2 Å². The van der Waals surface area contributed by atoms with Crippen LogP contribution in [0.25, 0.3) is 0 Å². The zero-order chi connectivity index (χ0) is 16.3. The third-order valence-corrected chi connectivity index (χ3v) is 4.95. The van der Waals surface area contributed by atoms with Crippen LogP contribution >= 0.6 is 11.3 Å². The van der Waals surface area contributed by atoms with Crippen molar-refractivity contribution in [1.82, 2.24) is 20.1 Å². The Morgan fingerprint density at radius 3 is 2.68 bits per heavy atom. The summed E-state index contributed by atoms with van der Waals surface area (Å²) < 4.78 is 1.68. The van der Waals surface area contributed by atoms with Gasteiger partial charge in [-0.3, -0.25) is 10.00 Å². The van der Waals surface area contributed by atoms with E-state index in [0.29, 0.717) is 5.82 Å². The van der Waals surface area contributed by atoms with Crippen LogP contribution < -0.4 is 10.6 Å². The fraction of sp³-hybridized carbons (Fsp3) is 0.533. The van der Waals surface area contributed by atoms with Gasteiger partial charge in [0.15, 0.2) is 0 Å². The maximum absolute atomic E-state index is 12.3. The summed E-state index contributed by atoms with van der Waals surface area (Å²) in [7, 11) is 1.82. The molecule has 120 valence electrons. The Morgan fingerprint density at radius 1 is 1.45 bits per heavy atom. The molecule has 0 spiro atoms. The highest BCUT2D eigenvalue weighted by molar-refractivity contribution is 7.09. The molecule has 2 amide bonds. The Bertz CT molecular complexity index is 663. The topological polar surface area (TPSA) is 71.8 Å². The minimum Gasteiger partial charge on any atom is -0.326 e. The summed E-state index contributed by atoms with van der Waals surface area (Å²) in [5.74, 6) is 0.683. The number of aryl methyl sites for hydroxylation is 3. The lowest BCUT2D eigenvalue weighted by atomic mass is 10.0. The molecule has 0 saturated heterocycles. The molecule has 2 aromatic rings. The van der Waals surface area contributed by atoms with Crippen molar-refractivity contribution in [3.05, 3.63) is 27.8 Å². The van der Waals surface area contributed by atoms with Gasteiger partial charge in [0, 0.05) is 24.2 Å². The van der Waals surface area contributed by atoms with E-state index in [0.717, 1.165) is 29.2 Å². The molecule has 7 heteroatoms. The molecule has 0 aliphatic heterocycles. The van der Waals surface area contributed by atoms with Crippen LogP contribution in [0.2, 0.25) is 0 Å². The summed E-state index contributed by atoms with van der Waals surface area (Å²) in [6.07, 6.45) is 1.60. The number of hydrogen-bond acceptors (Lipinski definition) is 4. The lowest BCUT2D eigenvalue weighted by molar-refractivity contribution is 0.237. The number of nitrogens with one attached hydrogen (secondary N) is 2. The van der Waals surface area contributed by atoms with E-state index in [1.165, 1.54) is 0 Å². The summed E-state index contributed by atoms with van der Waals surface area (Å²) in [6.45, 7) is 8.02. The summed E-state index contributed by atoms with van der Waals surface area (Å²) in [4.78, 5) is 16.8. The molecular formula is C15H23N5OS. The van der Waals surface area contributed by atoms with E-state index in [1.807, 2.05) is 46.2 Å². The van der Waals surface area contributed by atoms with E-state index in [1.54, 1.807) is 16.0 Å². The lowest BCUT2D eigenvalue weighted by Gasteiger charge is -2.27. The first-order chi connectivity index (χ1) is 10.4. The van der Waals surface area contributed by atoms with Crippen molar-refractivity contribution < 1.29 is 4.79 Å². The molecule has 2 heterocycles. The maximum Gasteiger partial charge on any atom is 0.321 e.